The summed E-state index contributed by atoms with van der Waals surface area (Å²) in [6.45, 7) is 1.03. The molecule has 0 spiro atoms. The minimum absolute atomic E-state index is 0.166. The maximum atomic E-state index is 12.9. The number of amides is 2. The number of benzene rings is 2. The van der Waals surface area contributed by atoms with Gasteiger partial charge in [-0.05, 0) is 47.9 Å². The van der Waals surface area contributed by atoms with Crippen LogP contribution in [0, 0.1) is 0 Å². The predicted molar refractivity (Wildman–Crippen MR) is 132 cm³/mol. The van der Waals surface area contributed by atoms with Crippen LogP contribution in [-0.4, -0.2) is 46.2 Å². The van der Waals surface area contributed by atoms with E-state index in [1.54, 1.807) is 24.3 Å². The van der Waals surface area contributed by atoms with E-state index in [2.05, 4.69) is 10.6 Å². The van der Waals surface area contributed by atoms with Crippen LogP contribution in [0.15, 0.2) is 71.7 Å². The maximum Gasteiger partial charge on any atom is 0.267 e. The number of nitrogens with one attached hydrogen (secondary N) is 2. The smallest absolute Gasteiger partial charge is 0.267 e. The molecule has 0 atom stereocenters. The lowest BCUT2D eigenvalue weighted by Gasteiger charge is -2.19. The van der Waals surface area contributed by atoms with Gasteiger partial charge in [0.15, 0.2) is 11.5 Å². The summed E-state index contributed by atoms with van der Waals surface area (Å²) in [5, 5.41) is 7.54. The van der Waals surface area contributed by atoms with Gasteiger partial charge in [0.25, 0.3) is 11.8 Å². The number of methoxy groups -OCH3 is 2. The van der Waals surface area contributed by atoms with Crippen molar-refractivity contribution in [2.75, 3.05) is 39.3 Å². The average molecular weight is 466 g/mol. The van der Waals surface area contributed by atoms with Gasteiger partial charge < -0.3 is 25.0 Å². The van der Waals surface area contributed by atoms with Gasteiger partial charge in [-0.1, -0.05) is 24.3 Å². The first-order valence-electron chi connectivity index (χ1n) is 10.3. The summed E-state index contributed by atoms with van der Waals surface area (Å²) in [7, 11) is 4.99. The minimum atomic E-state index is -0.421. The highest BCUT2D eigenvalue weighted by Gasteiger charge is 2.17. The van der Waals surface area contributed by atoms with Gasteiger partial charge in [-0.3, -0.25) is 9.59 Å². The molecular formula is C25H27N3O4S. The lowest BCUT2D eigenvalue weighted by molar-refractivity contribution is -0.117. The monoisotopic (exact) mass is 465 g/mol. The number of thiophene rings is 1. The molecule has 0 radical (unpaired) electrons. The number of hydrogen-bond donors (Lipinski definition) is 2. The summed E-state index contributed by atoms with van der Waals surface area (Å²) in [5.41, 5.74) is 1.57. The molecule has 0 aliphatic heterocycles. The van der Waals surface area contributed by atoms with Crippen molar-refractivity contribution in [3.63, 3.8) is 0 Å². The highest BCUT2D eigenvalue weighted by molar-refractivity contribution is 7.10. The standard InChI is InChI=1S/C25H27N3O4S/c1-28(19-8-5-4-6-9-19)14-13-26-25(30)21(17-20-10-7-15-33-20)27-24(29)18-11-12-22(31-2)23(16-18)32-3/h4-12,15-17H,13-14H2,1-3H3,(H,26,30)(H,27,29)/b21-17-. The Bertz CT molecular complexity index is 1100. The molecule has 0 unspecified atom stereocenters. The molecule has 8 heteroatoms. The van der Waals surface area contributed by atoms with Gasteiger partial charge in [0, 0.05) is 36.3 Å². The zero-order chi connectivity index (χ0) is 23.6. The second-order valence-corrected chi connectivity index (χ2v) is 8.09. The first-order valence-corrected chi connectivity index (χ1v) is 11.2. The van der Waals surface area contributed by atoms with Gasteiger partial charge in [-0.25, -0.2) is 0 Å². The molecule has 0 aliphatic carbocycles. The molecule has 0 fully saturated rings. The second-order valence-electron chi connectivity index (χ2n) is 7.11. The quantitative estimate of drug-likeness (QED) is 0.446. The summed E-state index contributed by atoms with van der Waals surface area (Å²) in [5.74, 6) is 0.167. The molecular weight excluding hydrogens is 438 g/mol. The third-order valence-electron chi connectivity index (χ3n) is 4.90. The van der Waals surface area contributed by atoms with Gasteiger partial charge >= 0.3 is 0 Å². The number of carbonyl (C=O) groups excluding carboxylic acids is 2. The zero-order valence-corrected chi connectivity index (χ0v) is 19.6. The maximum absolute atomic E-state index is 12.9. The Kier molecular flexibility index (Phi) is 8.49. The van der Waals surface area contributed by atoms with Crippen LogP contribution in [-0.2, 0) is 4.79 Å². The van der Waals surface area contributed by atoms with Gasteiger partial charge in [0.1, 0.15) is 5.70 Å². The zero-order valence-electron chi connectivity index (χ0n) is 18.8. The van der Waals surface area contributed by atoms with Crippen LogP contribution in [0.4, 0.5) is 5.69 Å². The first kappa shape index (κ1) is 23.9. The first-order chi connectivity index (χ1) is 16.0. The molecule has 33 heavy (non-hydrogen) atoms. The summed E-state index contributed by atoms with van der Waals surface area (Å²) in [6.07, 6.45) is 1.67. The fourth-order valence-corrected chi connectivity index (χ4v) is 3.75. The van der Waals surface area contributed by atoms with Crippen molar-refractivity contribution in [3.8, 4) is 11.5 Å². The summed E-state index contributed by atoms with van der Waals surface area (Å²) in [4.78, 5) is 28.7. The fraction of sp³-hybridized carbons (Fsp3) is 0.200. The predicted octanol–water partition coefficient (Wildman–Crippen LogP) is 3.79. The second kappa shape index (κ2) is 11.7. The molecule has 1 aromatic heterocycles. The highest BCUT2D eigenvalue weighted by Crippen LogP contribution is 2.27. The lowest BCUT2D eigenvalue weighted by atomic mass is 10.1. The molecule has 172 valence electrons. The van der Waals surface area contributed by atoms with Gasteiger partial charge in [-0.2, -0.15) is 0 Å². The average Bonchev–Trinajstić information content (AvgIpc) is 3.36. The van der Waals surface area contributed by atoms with Crippen LogP contribution >= 0.6 is 11.3 Å². The molecule has 0 saturated heterocycles. The largest absolute Gasteiger partial charge is 0.493 e. The van der Waals surface area contributed by atoms with E-state index in [0.29, 0.717) is 30.2 Å². The Morgan fingerprint density at radius 2 is 1.76 bits per heavy atom. The van der Waals surface area contributed by atoms with Crippen LogP contribution < -0.4 is 25.0 Å². The number of hydrogen-bond acceptors (Lipinski definition) is 6. The summed E-state index contributed by atoms with van der Waals surface area (Å²) < 4.78 is 10.5. The fourth-order valence-electron chi connectivity index (χ4n) is 3.09. The topological polar surface area (TPSA) is 79.9 Å². The van der Waals surface area contributed by atoms with Crippen molar-refractivity contribution in [2.45, 2.75) is 0 Å². The van der Waals surface area contributed by atoms with Crippen molar-refractivity contribution in [2.24, 2.45) is 0 Å². The number of para-hydroxylation sites is 1. The van der Waals surface area contributed by atoms with E-state index in [1.807, 2.05) is 59.8 Å². The third kappa shape index (κ3) is 6.60. The van der Waals surface area contributed by atoms with E-state index in [9.17, 15) is 9.59 Å². The Morgan fingerprint density at radius 3 is 2.42 bits per heavy atom. The van der Waals surface area contributed by atoms with E-state index >= 15 is 0 Å². The summed E-state index contributed by atoms with van der Waals surface area (Å²) >= 11 is 1.48. The van der Waals surface area contributed by atoms with Gasteiger partial charge in [0.2, 0.25) is 0 Å². The molecule has 2 amide bonds. The number of ether oxygens (including phenoxy) is 2. The van der Waals surface area contributed by atoms with Crippen molar-refractivity contribution in [1.82, 2.24) is 10.6 Å². The van der Waals surface area contributed by atoms with Crippen molar-refractivity contribution in [1.29, 1.82) is 0 Å². The molecule has 1 heterocycles. The molecule has 0 saturated carbocycles. The summed E-state index contributed by atoms with van der Waals surface area (Å²) in [6, 6.07) is 18.5. The molecule has 0 aliphatic rings. The molecule has 0 bridgehead atoms. The van der Waals surface area contributed by atoms with Crippen molar-refractivity contribution in [3.05, 3.63) is 82.2 Å². The van der Waals surface area contributed by atoms with E-state index in [1.165, 1.54) is 25.6 Å². The van der Waals surface area contributed by atoms with Crippen LogP contribution in [0.2, 0.25) is 0 Å². The lowest BCUT2D eigenvalue weighted by Crippen LogP contribution is -2.38. The molecule has 3 aromatic rings. The van der Waals surface area contributed by atoms with E-state index < -0.39 is 5.91 Å². The molecule has 7 nitrogen and oxygen atoms in total. The Hall–Kier alpha value is -3.78. The molecule has 2 aromatic carbocycles. The minimum Gasteiger partial charge on any atom is -0.493 e. The van der Waals surface area contributed by atoms with Gasteiger partial charge in [-0.15, -0.1) is 11.3 Å². The SMILES string of the molecule is COc1ccc(C(=O)N/C(=C\c2cccs2)C(=O)NCCN(C)c2ccccc2)cc1OC. The number of anilines is 1. The van der Waals surface area contributed by atoms with Crippen LogP contribution in [0.3, 0.4) is 0 Å². The number of nitrogens with zero attached hydrogens (tertiary/aromatic N) is 1. The van der Waals surface area contributed by atoms with Crippen molar-refractivity contribution < 1.29 is 19.1 Å². The number of likely N-dealkylation sites (N-methyl/N-ethyl adjacent to an activating group) is 1. The van der Waals surface area contributed by atoms with Gasteiger partial charge in [0.05, 0.1) is 14.2 Å². The molecule has 3 rings (SSSR count). The van der Waals surface area contributed by atoms with E-state index in [0.717, 1.165) is 10.6 Å². The molecule has 2 N–H and O–H groups in total. The Labute approximate surface area is 197 Å². The Morgan fingerprint density at radius 1 is 1.00 bits per heavy atom. The number of rotatable bonds is 10. The third-order valence-corrected chi connectivity index (χ3v) is 5.72. The van der Waals surface area contributed by atoms with Crippen LogP contribution in [0.1, 0.15) is 15.2 Å². The van der Waals surface area contributed by atoms with Crippen molar-refractivity contribution >= 4 is 34.9 Å². The van der Waals surface area contributed by atoms with Crippen LogP contribution in [0.25, 0.3) is 6.08 Å². The van der Waals surface area contributed by atoms with Crippen LogP contribution in [0.5, 0.6) is 11.5 Å². The Balaban J connectivity index is 1.70. The van der Waals surface area contributed by atoms with E-state index in [4.69, 9.17) is 9.47 Å². The van der Waals surface area contributed by atoms with E-state index in [-0.39, 0.29) is 11.6 Å². The normalized spacial score (nSPS) is 10.9. The number of carbonyl (C=O) groups is 2. The highest BCUT2D eigenvalue weighted by atomic mass is 32.1.